The van der Waals surface area contributed by atoms with Crippen LogP contribution in [-0.4, -0.2) is 96.7 Å². The van der Waals surface area contributed by atoms with Crippen LogP contribution in [0.5, 0.6) is 0 Å². The number of hydrogen-bond acceptors (Lipinski definition) is 15. The summed E-state index contributed by atoms with van der Waals surface area (Å²) in [4.78, 5) is 72.8. The van der Waals surface area contributed by atoms with Gasteiger partial charge in [0.05, 0.1) is 26.4 Å². The van der Waals surface area contributed by atoms with E-state index in [2.05, 4.69) is 48.5 Å². The van der Waals surface area contributed by atoms with Gasteiger partial charge in [0.15, 0.2) is 12.2 Å². The van der Waals surface area contributed by atoms with Crippen LogP contribution < -0.4 is 0 Å². The second-order valence-electron chi connectivity index (χ2n) is 29.5. The number of aliphatic hydroxyl groups excluding tert-OH is 1. The highest BCUT2D eigenvalue weighted by atomic mass is 31.2. The summed E-state index contributed by atoms with van der Waals surface area (Å²) in [5.41, 5.74) is 0. The van der Waals surface area contributed by atoms with Crippen LogP contribution in [0, 0.1) is 17.8 Å². The number of phosphoric ester groups is 2. The van der Waals surface area contributed by atoms with Crippen molar-refractivity contribution in [1.82, 2.24) is 0 Å². The van der Waals surface area contributed by atoms with Crippen LogP contribution in [-0.2, 0) is 65.4 Å². The molecule has 0 fully saturated rings. The maximum absolute atomic E-state index is 13.1. The first-order valence-electron chi connectivity index (χ1n) is 40.3. The van der Waals surface area contributed by atoms with E-state index in [0.29, 0.717) is 31.6 Å². The van der Waals surface area contributed by atoms with Crippen LogP contribution in [0.1, 0.15) is 402 Å². The Balaban J connectivity index is 5.20. The predicted octanol–water partition coefficient (Wildman–Crippen LogP) is 23.0. The van der Waals surface area contributed by atoms with Gasteiger partial charge in [-0.1, -0.05) is 350 Å². The summed E-state index contributed by atoms with van der Waals surface area (Å²) in [7, 11) is -9.91. The number of rotatable bonds is 76. The molecular formula is C78H152O17P2. The zero-order valence-electron chi connectivity index (χ0n) is 63.5. The smallest absolute Gasteiger partial charge is 0.462 e. The molecule has 2 unspecified atom stereocenters. The summed E-state index contributed by atoms with van der Waals surface area (Å²) in [6.45, 7) is 11.8. The molecule has 0 spiro atoms. The third-order valence-electron chi connectivity index (χ3n) is 18.1. The molecule has 0 amide bonds. The molecule has 576 valence electrons. The number of carbonyl (C=O) groups excluding carboxylic acids is 4. The van der Waals surface area contributed by atoms with Crippen LogP contribution in [0.3, 0.4) is 0 Å². The molecule has 0 saturated heterocycles. The molecule has 0 aromatic heterocycles. The number of aliphatic hydroxyl groups is 1. The van der Waals surface area contributed by atoms with Gasteiger partial charge in [-0.15, -0.1) is 0 Å². The van der Waals surface area contributed by atoms with Crippen LogP contribution in [0.15, 0.2) is 0 Å². The van der Waals surface area contributed by atoms with Crippen LogP contribution in [0.25, 0.3) is 0 Å². The highest BCUT2D eigenvalue weighted by Crippen LogP contribution is 2.45. The maximum atomic E-state index is 13.1. The molecule has 0 aliphatic rings. The molecule has 0 aromatic rings. The third kappa shape index (κ3) is 72.2. The van der Waals surface area contributed by atoms with Gasteiger partial charge in [-0.25, -0.2) is 9.13 Å². The molecule has 0 saturated carbocycles. The lowest BCUT2D eigenvalue weighted by molar-refractivity contribution is -0.161. The Bertz CT molecular complexity index is 1890. The molecule has 19 heteroatoms. The van der Waals surface area contributed by atoms with Crippen molar-refractivity contribution < 1.29 is 80.2 Å². The van der Waals surface area contributed by atoms with Gasteiger partial charge < -0.3 is 33.8 Å². The molecule has 17 nitrogen and oxygen atoms in total. The van der Waals surface area contributed by atoms with Crippen LogP contribution >= 0.6 is 15.6 Å². The van der Waals surface area contributed by atoms with Crippen molar-refractivity contribution in [3.05, 3.63) is 0 Å². The lowest BCUT2D eigenvalue weighted by atomic mass is 10.0. The quantitative estimate of drug-likeness (QED) is 0.0222. The highest BCUT2D eigenvalue weighted by molar-refractivity contribution is 7.47. The molecule has 0 heterocycles. The first kappa shape index (κ1) is 95.1. The van der Waals surface area contributed by atoms with Crippen molar-refractivity contribution in [3.8, 4) is 0 Å². The Labute approximate surface area is 594 Å². The standard InChI is InChI=1S/C78H152O17P2/c1-8-9-10-11-12-13-14-15-16-17-18-19-20-21-22-25-29-32-38-47-54-61-77(82)94-73(65-88-75(80)59-52-45-37-31-28-26-23-24-27-30-35-42-49-56-69(2)3)67-92-96(84,85)90-63-72(79)64-91-97(86,87)93-68-74(66-89-76(81)60-53-46-41-40-44-51-58-71(6)7)95-78(83)62-55-48-39-34-33-36-43-50-57-70(4)5/h69-74,79H,8-68H2,1-7H3,(H,84,85)(H,86,87)/t72-,73-,74-/m1/s1. The fraction of sp³-hybridized carbons (Fsp3) is 0.949. The number of ether oxygens (including phenoxy) is 4. The summed E-state index contributed by atoms with van der Waals surface area (Å²) in [6, 6.07) is 0. The van der Waals surface area contributed by atoms with Gasteiger partial charge in [0.25, 0.3) is 0 Å². The van der Waals surface area contributed by atoms with E-state index in [1.165, 1.54) is 205 Å². The Kier molecular flexibility index (Phi) is 67.1. The van der Waals surface area contributed by atoms with E-state index in [0.717, 1.165) is 108 Å². The largest absolute Gasteiger partial charge is 0.472 e. The van der Waals surface area contributed by atoms with Crippen molar-refractivity contribution in [1.29, 1.82) is 0 Å². The fourth-order valence-electron chi connectivity index (χ4n) is 12.0. The Hall–Kier alpha value is -1.94. The molecule has 0 bridgehead atoms. The minimum Gasteiger partial charge on any atom is -0.462 e. The Morgan fingerprint density at radius 3 is 0.701 bits per heavy atom. The summed E-state index contributed by atoms with van der Waals surface area (Å²) in [6.07, 6.45) is 55.9. The number of carbonyl (C=O) groups is 4. The molecule has 3 N–H and O–H groups in total. The van der Waals surface area contributed by atoms with Gasteiger partial charge in [-0.2, -0.15) is 0 Å². The molecule has 0 aromatic carbocycles. The second kappa shape index (κ2) is 68.5. The molecule has 0 radical (unpaired) electrons. The topological polar surface area (TPSA) is 237 Å². The molecule has 5 atom stereocenters. The van der Waals surface area contributed by atoms with Crippen LogP contribution in [0.2, 0.25) is 0 Å². The predicted molar refractivity (Wildman–Crippen MR) is 395 cm³/mol. The second-order valence-corrected chi connectivity index (χ2v) is 32.4. The lowest BCUT2D eigenvalue weighted by Gasteiger charge is -2.21. The zero-order valence-corrected chi connectivity index (χ0v) is 65.3. The lowest BCUT2D eigenvalue weighted by Crippen LogP contribution is -2.30. The minimum atomic E-state index is -4.96. The van der Waals surface area contributed by atoms with Gasteiger partial charge in [-0.3, -0.25) is 37.3 Å². The summed E-state index contributed by atoms with van der Waals surface area (Å²) in [5.74, 6) is 0.0682. The number of phosphoric acid groups is 2. The van der Waals surface area contributed by atoms with Crippen molar-refractivity contribution in [3.63, 3.8) is 0 Å². The molecule has 0 aliphatic heterocycles. The van der Waals surface area contributed by atoms with E-state index < -0.39 is 97.5 Å². The molecule has 0 rings (SSSR count). The van der Waals surface area contributed by atoms with Gasteiger partial charge in [0.1, 0.15) is 19.3 Å². The zero-order chi connectivity index (χ0) is 71.6. The summed E-state index contributed by atoms with van der Waals surface area (Å²) < 4.78 is 68.5. The number of hydrogen-bond donors (Lipinski definition) is 3. The van der Waals surface area contributed by atoms with Gasteiger partial charge in [0.2, 0.25) is 0 Å². The van der Waals surface area contributed by atoms with Crippen molar-refractivity contribution in [2.24, 2.45) is 17.8 Å². The van der Waals surface area contributed by atoms with E-state index in [1.54, 1.807) is 0 Å². The number of esters is 4. The van der Waals surface area contributed by atoms with E-state index in [-0.39, 0.29) is 25.7 Å². The molecule has 97 heavy (non-hydrogen) atoms. The minimum absolute atomic E-state index is 0.103. The SMILES string of the molecule is CCCCCCCCCCCCCCCCCCCCCCCC(=O)O[C@H](COC(=O)CCCCCCCCCCCCCCCC(C)C)COP(=O)(O)OC[C@@H](O)COP(=O)(O)OC[C@@H](COC(=O)CCCCCCCCC(C)C)OC(=O)CCCCCCCCCCC(C)C. The first-order valence-corrected chi connectivity index (χ1v) is 43.3. The average Bonchev–Trinajstić information content (AvgIpc) is 1.08. The average molecular weight is 1420 g/mol. The Morgan fingerprint density at radius 1 is 0.278 bits per heavy atom. The van der Waals surface area contributed by atoms with Gasteiger partial charge in [0, 0.05) is 25.7 Å². The van der Waals surface area contributed by atoms with E-state index in [9.17, 15) is 43.2 Å². The summed E-state index contributed by atoms with van der Waals surface area (Å²) >= 11 is 0. The van der Waals surface area contributed by atoms with E-state index in [4.69, 9.17) is 37.0 Å². The maximum Gasteiger partial charge on any atom is 0.472 e. The molecular weight excluding hydrogens is 1270 g/mol. The van der Waals surface area contributed by atoms with Gasteiger partial charge in [-0.05, 0) is 43.4 Å². The normalized spacial score (nSPS) is 14.0. The van der Waals surface area contributed by atoms with Crippen molar-refractivity contribution in [2.45, 2.75) is 420 Å². The fourth-order valence-corrected chi connectivity index (χ4v) is 13.5. The van der Waals surface area contributed by atoms with Crippen LogP contribution in [0.4, 0.5) is 0 Å². The summed E-state index contributed by atoms with van der Waals surface area (Å²) in [5, 5.41) is 10.6. The first-order chi connectivity index (χ1) is 46.7. The van der Waals surface area contributed by atoms with E-state index >= 15 is 0 Å². The highest BCUT2D eigenvalue weighted by Gasteiger charge is 2.30. The number of unbranched alkanes of at least 4 members (excludes halogenated alkanes) is 44. The monoisotopic (exact) mass is 1420 g/mol. The van der Waals surface area contributed by atoms with Crippen molar-refractivity contribution >= 4 is 39.5 Å². The molecule has 0 aliphatic carbocycles. The Morgan fingerprint density at radius 2 is 0.474 bits per heavy atom. The van der Waals surface area contributed by atoms with Crippen molar-refractivity contribution in [2.75, 3.05) is 39.6 Å². The third-order valence-corrected chi connectivity index (χ3v) is 20.0. The van der Waals surface area contributed by atoms with Gasteiger partial charge >= 0.3 is 39.5 Å². The van der Waals surface area contributed by atoms with E-state index in [1.807, 2.05) is 0 Å².